The van der Waals surface area contributed by atoms with Crippen molar-refractivity contribution in [3.63, 3.8) is 0 Å². The molecule has 6 rings (SSSR count). The van der Waals surface area contributed by atoms with Crippen LogP contribution in [-0.2, 0) is 9.49 Å². The highest BCUT2D eigenvalue weighted by molar-refractivity contribution is 8.00. The molecule has 0 saturated heterocycles. The van der Waals surface area contributed by atoms with E-state index < -0.39 is 0 Å². The Morgan fingerprint density at radius 1 is 0.278 bits per heavy atom. The maximum Gasteiger partial charge on any atom is 0.0906 e. The Hall–Kier alpha value is -4.06. The first kappa shape index (κ1) is 41.1. The van der Waals surface area contributed by atoms with Gasteiger partial charge in [-0.2, -0.15) is 0 Å². The van der Waals surface area contributed by atoms with Crippen molar-refractivity contribution >= 4 is 23.5 Å². The molecule has 0 unspecified atom stereocenters. The van der Waals surface area contributed by atoms with Crippen molar-refractivity contribution in [3.05, 3.63) is 215 Å². The fourth-order valence-corrected chi connectivity index (χ4v) is 10.2. The molecule has 0 saturated carbocycles. The smallest absolute Gasteiger partial charge is 0.0906 e. The van der Waals surface area contributed by atoms with Crippen molar-refractivity contribution in [2.45, 2.75) is 60.9 Å². The Bertz CT molecular complexity index is 1490. The van der Waals surface area contributed by atoms with Crippen LogP contribution in [0.2, 0.25) is 0 Å². The van der Waals surface area contributed by atoms with Gasteiger partial charge >= 0.3 is 0 Å². The number of hydrogen-bond acceptors (Lipinski definition) is 4. The van der Waals surface area contributed by atoms with Crippen LogP contribution in [-0.4, -0.2) is 34.9 Å². The zero-order valence-electron chi connectivity index (χ0n) is 31.5. The summed E-state index contributed by atoms with van der Waals surface area (Å²) in [7, 11) is 0. The highest BCUT2D eigenvalue weighted by Crippen LogP contribution is 2.50. The van der Waals surface area contributed by atoms with Crippen LogP contribution in [0.3, 0.4) is 0 Å². The van der Waals surface area contributed by atoms with Gasteiger partial charge in [-0.15, -0.1) is 23.5 Å². The zero-order chi connectivity index (χ0) is 37.6. The number of unbranched alkanes of at least 4 members (excludes halogenated alkanes) is 6. The predicted molar refractivity (Wildman–Crippen MR) is 234 cm³/mol. The summed E-state index contributed by atoms with van der Waals surface area (Å²) >= 11 is 4.05. The standard InChI is InChI=1S/2C25H28OS/c2*26-20-12-1-2-13-21-27-25(22-14-6-3-7-15-22,23-16-8-4-9-17-23)24-18-10-5-11-19-24/h2*3-11,14-19,26H,1-2,12-13,20-21H2. The molecule has 54 heavy (non-hydrogen) atoms. The van der Waals surface area contributed by atoms with Gasteiger partial charge in [0.15, 0.2) is 0 Å². The minimum Gasteiger partial charge on any atom is -0.396 e. The second kappa shape index (κ2) is 23.0. The van der Waals surface area contributed by atoms with Crippen LogP contribution in [0.5, 0.6) is 0 Å². The fourth-order valence-electron chi connectivity index (χ4n) is 7.12. The highest BCUT2D eigenvalue weighted by Gasteiger charge is 2.37. The molecule has 0 bridgehead atoms. The molecular formula is C50H56O2S2. The summed E-state index contributed by atoms with van der Waals surface area (Å²) in [5.41, 5.74) is 7.93. The zero-order valence-corrected chi connectivity index (χ0v) is 33.1. The first-order valence-electron chi connectivity index (χ1n) is 19.6. The molecule has 0 spiro atoms. The summed E-state index contributed by atoms with van der Waals surface area (Å²) in [6, 6.07) is 65.1. The predicted octanol–water partition coefficient (Wildman–Crippen LogP) is 12.5. The van der Waals surface area contributed by atoms with Gasteiger partial charge in [-0.1, -0.05) is 208 Å². The second-order valence-electron chi connectivity index (χ2n) is 13.5. The number of aliphatic hydroxyl groups excluding tert-OH is 2. The van der Waals surface area contributed by atoms with Gasteiger partial charge in [0.1, 0.15) is 0 Å². The molecule has 280 valence electrons. The highest BCUT2D eigenvalue weighted by atomic mass is 32.2. The van der Waals surface area contributed by atoms with Gasteiger partial charge in [0.25, 0.3) is 0 Å². The first-order valence-corrected chi connectivity index (χ1v) is 21.6. The van der Waals surface area contributed by atoms with Crippen LogP contribution in [0.1, 0.15) is 84.7 Å². The Balaban J connectivity index is 0.000000208. The van der Waals surface area contributed by atoms with Crippen molar-refractivity contribution in [3.8, 4) is 0 Å². The minimum absolute atomic E-state index is 0.208. The molecule has 0 amide bonds. The van der Waals surface area contributed by atoms with Crippen molar-refractivity contribution in [2.75, 3.05) is 24.7 Å². The molecular weight excluding hydrogens is 697 g/mol. The molecule has 6 aromatic carbocycles. The van der Waals surface area contributed by atoms with E-state index in [1.54, 1.807) is 0 Å². The van der Waals surface area contributed by atoms with Gasteiger partial charge in [0, 0.05) is 13.2 Å². The van der Waals surface area contributed by atoms with E-state index in [2.05, 4.69) is 182 Å². The Morgan fingerprint density at radius 2 is 0.481 bits per heavy atom. The Labute approximate surface area is 333 Å². The van der Waals surface area contributed by atoms with E-state index in [1.165, 1.54) is 59.1 Å². The summed E-state index contributed by atoms with van der Waals surface area (Å²) in [6.45, 7) is 0.601. The maximum atomic E-state index is 8.99. The lowest BCUT2D eigenvalue weighted by atomic mass is 9.84. The summed E-state index contributed by atoms with van der Waals surface area (Å²) in [6.07, 6.45) is 8.69. The lowest BCUT2D eigenvalue weighted by molar-refractivity contribution is 0.282. The van der Waals surface area contributed by atoms with E-state index in [0.29, 0.717) is 13.2 Å². The van der Waals surface area contributed by atoms with Crippen LogP contribution in [0.15, 0.2) is 182 Å². The summed E-state index contributed by atoms with van der Waals surface area (Å²) in [5, 5.41) is 18.0. The van der Waals surface area contributed by atoms with E-state index >= 15 is 0 Å². The lowest BCUT2D eigenvalue weighted by Gasteiger charge is -2.35. The first-order chi connectivity index (χ1) is 26.8. The Kier molecular flexibility index (Phi) is 17.5. The van der Waals surface area contributed by atoms with E-state index in [0.717, 1.165) is 37.2 Å². The topological polar surface area (TPSA) is 40.5 Å². The molecule has 2 N–H and O–H groups in total. The Morgan fingerprint density at radius 3 is 0.685 bits per heavy atom. The van der Waals surface area contributed by atoms with E-state index in [4.69, 9.17) is 10.2 Å². The fraction of sp³-hybridized carbons (Fsp3) is 0.280. The SMILES string of the molecule is OCCCCCCSC(c1ccccc1)(c1ccccc1)c1ccccc1.OCCCCCCSC(c1ccccc1)(c1ccccc1)c1ccccc1. The molecule has 4 heteroatoms. The monoisotopic (exact) mass is 752 g/mol. The van der Waals surface area contributed by atoms with Crippen molar-refractivity contribution in [1.29, 1.82) is 0 Å². The second-order valence-corrected chi connectivity index (χ2v) is 16.1. The summed E-state index contributed by atoms with van der Waals surface area (Å²) in [5.74, 6) is 2.17. The largest absolute Gasteiger partial charge is 0.396 e. The quantitative estimate of drug-likeness (QED) is 0.0602. The minimum atomic E-state index is -0.208. The molecule has 0 aliphatic rings. The molecule has 0 heterocycles. The molecule has 0 aliphatic carbocycles. The van der Waals surface area contributed by atoms with Crippen LogP contribution in [0.25, 0.3) is 0 Å². The molecule has 6 aromatic rings. The van der Waals surface area contributed by atoms with Crippen LogP contribution in [0.4, 0.5) is 0 Å². The maximum absolute atomic E-state index is 8.99. The van der Waals surface area contributed by atoms with Crippen LogP contribution >= 0.6 is 23.5 Å². The van der Waals surface area contributed by atoms with Gasteiger partial charge in [0.05, 0.1) is 9.49 Å². The molecule has 0 aliphatic heterocycles. The third-order valence-electron chi connectivity index (χ3n) is 9.82. The number of benzene rings is 6. The van der Waals surface area contributed by atoms with Crippen molar-refractivity contribution in [2.24, 2.45) is 0 Å². The van der Waals surface area contributed by atoms with Crippen molar-refractivity contribution < 1.29 is 10.2 Å². The lowest BCUT2D eigenvalue weighted by Crippen LogP contribution is -2.26. The molecule has 0 atom stereocenters. The summed E-state index contributed by atoms with van der Waals surface area (Å²) < 4.78 is -0.415. The van der Waals surface area contributed by atoms with E-state index in [1.807, 2.05) is 23.5 Å². The average Bonchev–Trinajstić information content (AvgIpc) is 3.25. The van der Waals surface area contributed by atoms with Gasteiger partial charge < -0.3 is 10.2 Å². The number of hydrogen-bond donors (Lipinski definition) is 2. The molecule has 2 nitrogen and oxygen atoms in total. The van der Waals surface area contributed by atoms with Gasteiger partial charge in [-0.05, 0) is 70.6 Å². The van der Waals surface area contributed by atoms with Gasteiger partial charge in [0.2, 0.25) is 0 Å². The van der Waals surface area contributed by atoms with Crippen LogP contribution in [0, 0.1) is 0 Å². The van der Waals surface area contributed by atoms with E-state index in [9.17, 15) is 0 Å². The van der Waals surface area contributed by atoms with Gasteiger partial charge in [-0.3, -0.25) is 0 Å². The van der Waals surface area contributed by atoms with Crippen LogP contribution < -0.4 is 0 Å². The molecule has 0 radical (unpaired) electrons. The number of rotatable bonds is 20. The normalized spacial score (nSPS) is 11.4. The number of thioether (sulfide) groups is 2. The summed E-state index contributed by atoms with van der Waals surface area (Å²) in [4.78, 5) is 0. The third kappa shape index (κ3) is 11.0. The molecule has 0 fully saturated rings. The third-order valence-corrected chi connectivity index (χ3v) is 13.1. The molecule has 0 aromatic heterocycles. The van der Waals surface area contributed by atoms with E-state index in [-0.39, 0.29) is 9.49 Å². The van der Waals surface area contributed by atoms with Gasteiger partial charge in [-0.25, -0.2) is 0 Å². The average molecular weight is 753 g/mol. The number of aliphatic hydroxyl groups is 2. The van der Waals surface area contributed by atoms with Crippen molar-refractivity contribution in [1.82, 2.24) is 0 Å².